The summed E-state index contributed by atoms with van der Waals surface area (Å²) in [7, 11) is 2.24. The highest BCUT2D eigenvalue weighted by atomic mass is 35.5. The summed E-state index contributed by atoms with van der Waals surface area (Å²) in [5.74, 6) is -6.50. The van der Waals surface area contributed by atoms with Gasteiger partial charge in [0.25, 0.3) is 5.79 Å². The predicted octanol–water partition coefficient (Wildman–Crippen LogP) is 3.17. The average molecular weight is 387 g/mol. The Hall–Kier alpha value is -1.84. The Morgan fingerprint density at radius 3 is 2.54 bits per heavy atom. The van der Waals surface area contributed by atoms with Crippen molar-refractivity contribution < 1.29 is 32.6 Å². The molecule has 0 spiro atoms. The van der Waals surface area contributed by atoms with Crippen LogP contribution in [-0.4, -0.2) is 42.1 Å². The number of ether oxygens (including phenoxy) is 2. The van der Waals surface area contributed by atoms with E-state index in [1.165, 1.54) is 0 Å². The van der Waals surface area contributed by atoms with Crippen LogP contribution in [0.3, 0.4) is 0 Å². The highest BCUT2D eigenvalue weighted by molar-refractivity contribution is 6.32. The maximum Gasteiger partial charge on any atom is 0.341 e. The van der Waals surface area contributed by atoms with Crippen LogP contribution in [0.25, 0.3) is 0 Å². The maximum absolute atomic E-state index is 15.3. The molecule has 0 fully saturated rings. The van der Waals surface area contributed by atoms with Gasteiger partial charge < -0.3 is 14.6 Å². The molecule has 0 saturated carbocycles. The molecule has 0 bridgehead atoms. The SMILES string of the molecule is COC1=C(Cl)C(F)(c2cc(OCC(=O)O)c(Cl)cc2F)N(F)N1C. The van der Waals surface area contributed by atoms with Crippen LogP contribution in [0.1, 0.15) is 5.56 Å². The molecule has 0 radical (unpaired) electrons. The van der Waals surface area contributed by atoms with Crippen LogP contribution in [0.2, 0.25) is 5.02 Å². The second kappa shape index (κ2) is 6.58. The summed E-state index contributed by atoms with van der Waals surface area (Å²) in [6.07, 6.45) is 0. The summed E-state index contributed by atoms with van der Waals surface area (Å²) >= 11 is 11.5. The zero-order valence-electron chi connectivity index (χ0n) is 12.3. The Morgan fingerprint density at radius 1 is 1.42 bits per heavy atom. The molecule has 1 heterocycles. The van der Waals surface area contributed by atoms with E-state index in [-0.39, 0.29) is 16.7 Å². The van der Waals surface area contributed by atoms with Gasteiger partial charge in [-0.25, -0.2) is 18.6 Å². The van der Waals surface area contributed by atoms with Gasteiger partial charge in [-0.15, -0.1) is 4.48 Å². The van der Waals surface area contributed by atoms with Crippen molar-refractivity contribution in [2.24, 2.45) is 0 Å². The third-order valence-corrected chi connectivity index (χ3v) is 3.92. The molecule has 0 saturated heterocycles. The second-order valence-electron chi connectivity index (χ2n) is 4.67. The van der Waals surface area contributed by atoms with Crippen LogP contribution in [0, 0.1) is 5.82 Å². The standard InChI is InChI=1S/C13H11Cl2F3N2O4/c1-19-12(23-2)11(15)13(17,20(19)18)6-3-9(24-5-10(21)22)7(14)4-8(6)16/h3-4H,5H2,1-2H3,(H,21,22). The van der Waals surface area contributed by atoms with Crippen LogP contribution in [-0.2, 0) is 15.3 Å². The van der Waals surface area contributed by atoms with E-state index >= 15 is 4.39 Å². The quantitative estimate of drug-likeness (QED) is 0.619. The molecule has 0 aromatic heterocycles. The van der Waals surface area contributed by atoms with Crippen LogP contribution in [0.4, 0.5) is 13.3 Å². The fraction of sp³-hybridized carbons (Fsp3) is 0.308. The summed E-state index contributed by atoms with van der Waals surface area (Å²) in [4.78, 5) is 10.5. The molecule has 0 aliphatic carbocycles. The smallest absolute Gasteiger partial charge is 0.341 e. The normalized spacial score (nSPS) is 21.4. The minimum Gasteiger partial charge on any atom is -0.480 e. The third-order valence-electron chi connectivity index (χ3n) is 3.21. The molecule has 11 heteroatoms. The van der Waals surface area contributed by atoms with Gasteiger partial charge in [0.15, 0.2) is 6.61 Å². The molecule has 1 aromatic rings. The number of halogens is 5. The molecule has 1 unspecified atom stereocenters. The van der Waals surface area contributed by atoms with Gasteiger partial charge in [-0.2, -0.15) is 0 Å². The molecule has 1 aliphatic rings. The molecule has 6 nitrogen and oxygen atoms in total. The maximum atomic E-state index is 15.3. The van der Waals surface area contributed by atoms with Gasteiger partial charge in [0.05, 0.1) is 17.7 Å². The van der Waals surface area contributed by atoms with E-state index < -0.39 is 40.0 Å². The van der Waals surface area contributed by atoms with Gasteiger partial charge in [-0.3, -0.25) is 0 Å². The van der Waals surface area contributed by atoms with Crippen molar-refractivity contribution in [1.29, 1.82) is 0 Å². The molecule has 2 rings (SSSR count). The van der Waals surface area contributed by atoms with E-state index in [2.05, 4.69) is 0 Å². The summed E-state index contributed by atoms with van der Waals surface area (Å²) in [5, 5.41) is 7.66. The number of carboxylic acid groups (broad SMARTS) is 1. The van der Waals surface area contributed by atoms with Crippen LogP contribution >= 0.6 is 23.2 Å². The number of methoxy groups -OCH3 is 1. The largest absolute Gasteiger partial charge is 0.480 e. The number of aliphatic carboxylic acids is 1. The van der Waals surface area contributed by atoms with Crippen molar-refractivity contribution in [2.75, 3.05) is 20.8 Å². The fourth-order valence-electron chi connectivity index (χ4n) is 2.12. The van der Waals surface area contributed by atoms with Gasteiger partial charge in [-0.05, 0) is 17.4 Å². The number of hydrogen-bond acceptors (Lipinski definition) is 5. The topological polar surface area (TPSA) is 62.2 Å². The number of alkyl halides is 1. The summed E-state index contributed by atoms with van der Waals surface area (Å²) < 4.78 is 53.4. The summed E-state index contributed by atoms with van der Waals surface area (Å²) in [6, 6.07) is 1.40. The van der Waals surface area contributed by atoms with Crippen LogP contribution in [0.5, 0.6) is 5.75 Å². The van der Waals surface area contributed by atoms with Crippen LogP contribution < -0.4 is 4.74 Å². The highest BCUT2D eigenvalue weighted by Gasteiger charge is 2.56. The molecular weight excluding hydrogens is 376 g/mol. The van der Waals surface area contributed by atoms with Crippen molar-refractivity contribution in [3.05, 3.63) is 39.5 Å². The minimum atomic E-state index is -3.24. The molecule has 1 atom stereocenters. The van der Waals surface area contributed by atoms with Gasteiger partial charge in [0.1, 0.15) is 16.6 Å². The summed E-state index contributed by atoms with van der Waals surface area (Å²) in [5.41, 5.74) is -0.862. The first-order chi connectivity index (χ1) is 11.1. The highest BCUT2D eigenvalue weighted by Crippen LogP contribution is 2.50. The number of rotatable bonds is 5. The van der Waals surface area contributed by atoms with Gasteiger partial charge in [0, 0.05) is 7.05 Å². The first-order valence-electron chi connectivity index (χ1n) is 6.31. The van der Waals surface area contributed by atoms with Crippen molar-refractivity contribution in [1.82, 2.24) is 10.2 Å². The molecule has 1 aromatic carbocycles. The minimum absolute atomic E-state index is 0.315. The van der Waals surface area contributed by atoms with E-state index in [1.54, 1.807) is 0 Å². The van der Waals surface area contributed by atoms with Crippen molar-refractivity contribution >= 4 is 29.2 Å². The monoisotopic (exact) mass is 386 g/mol. The van der Waals surface area contributed by atoms with E-state index in [9.17, 15) is 13.7 Å². The van der Waals surface area contributed by atoms with Crippen molar-refractivity contribution in [3.63, 3.8) is 0 Å². The Labute approximate surface area is 144 Å². The van der Waals surface area contributed by atoms with E-state index in [0.717, 1.165) is 20.2 Å². The lowest BCUT2D eigenvalue weighted by Gasteiger charge is -2.28. The molecule has 132 valence electrons. The van der Waals surface area contributed by atoms with Crippen molar-refractivity contribution in [2.45, 2.75) is 5.79 Å². The molecule has 24 heavy (non-hydrogen) atoms. The van der Waals surface area contributed by atoms with E-state index in [1.807, 2.05) is 0 Å². The molecule has 1 N–H and O–H groups in total. The van der Waals surface area contributed by atoms with Gasteiger partial charge in [-0.1, -0.05) is 23.2 Å². The number of hydrazine groups is 1. The zero-order valence-corrected chi connectivity index (χ0v) is 13.8. The molecular formula is C13H11Cl2F3N2O4. The molecule has 0 amide bonds. The first-order valence-corrected chi connectivity index (χ1v) is 7.07. The Kier molecular flexibility index (Phi) is 5.07. The van der Waals surface area contributed by atoms with Gasteiger partial charge >= 0.3 is 5.97 Å². The van der Waals surface area contributed by atoms with E-state index in [4.69, 9.17) is 37.8 Å². The Morgan fingerprint density at radius 2 is 2.04 bits per heavy atom. The molecule has 1 aliphatic heterocycles. The van der Waals surface area contributed by atoms with Gasteiger partial charge in [0.2, 0.25) is 5.88 Å². The number of carbonyl (C=O) groups is 1. The lowest BCUT2D eigenvalue weighted by Crippen LogP contribution is -2.40. The Balaban J connectivity index is 2.57. The number of hydrogen-bond donors (Lipinski definition) is 1. The third kappa shape index (κ3) is 2.83. The van der Waals surface area contributed by atoms with E-state index in [0.29, 0.717) is 11.1 Å². The summed E-state index contributed by atoms with van der Waals surface area (Å²) in [6.45, 7) is -0.809. The first kappa shape index (κ1) is 18.5. The van der Waals surface area contributed by atoms with Crippen molar-refractivity contribution in [3.8, 4) is 5.75 Å². The number of benzene rings is 1. The predicted molar refractivity (Wildman–Crippen MR) is 77.9 cm³/mol. The lowest BCUT2D eigenvalue weighted by atomic mass is 10.0. The average Bonchev–Trinajstić information content (AvgIpc) is 2.67. The van der Waals surface area contributed by atoms with Crippen LogP contribution in [0.15, 0.2) is 23.0 Å². The second-order valence-corrected chi connectivity index (χ2v) is 5.46. The number of carboxylic acids is 1. The fourth-order valence-corrected chi connectivity index (χ4v) is 2.70. The number of nitrogens with zero attached hydrogens (tertiary/aromatic N) is 2. The zero-order chi connectivity index (χ0) is 18.2. The lowest BCUT2D eigenvalue weighted by molar-refractivity contribution is -0.240. The Bertz CT molecular complexity index is 719.